The lowest BCUT2D eigenvalue weighted by Crippen LogP contribution is -2.58. The molecule has 14 nitrogen and oxygen atoms in total. The predicted molar refractivity (Wildman–Crippen MR) is 139 cm³/mol. The molecule has 2 rings (SSSR count). The number of aromatic amines is 1. The third-order valence-electron chi connectivity index (χ3n) is 6.05. The summed E-state index contributed by atoms with van der Waals surface area (Å²) in [7, 11) is 0. The fourth-order valence-corrected chi connectivity index (χ4v) is 3.78. The molecule has 0 fully saturated rings. The Balaban J connectivity index is 2.35. The minimum absolute atomic E-state index is 0.102. The summed E-state index contributed by atoms with van der Waals surface area (Å²) in [4.78, 5) is 76.1. The Bertz CT molecular complexity index is 1230. The molecule has 212 valence electrons. The Morgan fingerprint density at radius 1 is 0.897 bits per heavy atom. The van der Waals surface area contributed by atoms with E-state index in [9.17, 15) is 33.9 Å². The zero-order valence-corrected chi connectivity index (χ0v) is 21.6. The highest BCUT2D eigenvalue weighted by molar-refractivity contribution is 5.95. The quantitative estimate of drug-likeness (QED) is 0.136. The van der Waals surface area contributed by atoms with Gasteiger partial charge in [-0.3, -0.25) is 24.0 Å². The van der Waals surface area contributed by atoms with Crippen molar-refractivity contribution in [3.63, 3.8) is 0 Å². The summed E-state index contributed by atoms with van der Waals surface area (Å²) in [6, 6.07) is 1.82. The molecule has 1 aromatic heterocycles. The molecular formula is C25H34N6O8. The second kappa shape index (κ2) is 13.9. The summed E-state index contributed by atoms with van der Waals surface area (Å²) in [5.41, 5.74) is 12.3. The van der Waals surface area contributed by atoms with Crippen LogP contribution in [-0.2, 0) is 35.2 Å². The summed E-state index contributed by atoms with van der Waals surface area (Å²) >= 11 is 0. The van der Waals surface area contributed by atoms with Gasteiger partial charge in [0, 0.05) is 29.9 Å². The van der Waals surface area contributed by atoms with Gasteiger partial charge < -0.3 is 42.6 Å². The van der Waals surface area contributed by atoms with Gasteiger partial charge in [0.1, 0.15) is 18.1 Å². The summed E-state index contributed by atoms with van der Waals surface area (Å²) in [6.07, 6.45) is 0.0855. The van der Waals surface area contributed by atoms with Crippen molar-refractivity contribution in [2.24, 2.45) is 17.4 Å². The molecule has 10 N–H and O–H groups in total. The van der Waals surface area contributed by atoms with Gasteiger partial charge in [0.05, 0.1) is 12.5 Å². The van der Waals surface area contributed by atoms with Crippen LogP contribution in [0, 0.1) is 5.92 Å². The highest BCUT2D eigenvalue weighted by atomic mass is 16.4. The molecule has 0 saturated carbocycles. The molecule has 4 amide bonds. The number of nitrogens with two attached hydrogens (primary N) is 2. The van der Waals surface area contributed by atoms with Gasteiger partial charge in [0.15, 0.2) is 0 Å². The molecule has 1 heterocycles. The first-order chi connectivity index (χ1) is 18.3. The SMILES string of the molecule is CC(C)C(N)C(=O)NC(CCC(=O)O)C(=O)NC(Cc1c[nH]c2ccccc12)C(=O)NC(CC(N)=O)C(=O)O. The fourth-order valence-electron chi connectivity index (χ4n) is 3.78. The van der Waals surface area contributed by atoms with E-state index in [0.717, 1.165) is 10.9 Å². The Labute approximate surface area is 223 Å². The molecule has 0 aliphatic rings. The monoisotopic (exact) mass is 546 g/mol. The Hall–Kier alpha value is -4.46. The number of nitrogens with one attached hydrogen (secondary N) is 4. The predicted octanol–water partition coefficient (Wildman–Crippen LogP) is -1.03. The van der Waals surface area contributed by atoms with E-state index in [-0.39, 0.29) is 18.8 Å². The van der Waals surface area contributed by atoms with E-state index in [1.807, 2.05) is 0 Å². The van der Waals surface area contributed by atoms with Crippen LogP contribution in [0.4, 0.5) is 0 Å². The van der Waals surface area contributed by atoms with Gasteiger partial charge in [-0.25, -0.2) is 4.79 Å². The maximum atomic E-state index is 13.3. The summed E-state index contributed by atoms with van der Waals surface area (Å²) in [5.74, 6) is -6.43. The molecule has 39 heavy (non-hydrogen) atoms. The highest BCUT2D eigenvalue weighted by Crippen LogP contribution is 2.19. The molecule has 0 bridgehead atoms. The van der Waals surface area contributed by atoms with Crippen LogP contribution < -0.4 is 27.4 Å². The van der Waals surface area contributed by atoms with Gasteiger partial charge >= 0.3 is 11.9 Å². The smallest absolute Gasteiger partial charge is 0.326 e. The molecule has 0 radical (unpaired) electrons. The molecule has 0 spiro atoms. The number of carbonyl (C=O) groups is 6. The number of para-hydroxylation sites is 1. The second-order valence-electron chi connectivity index (χ2n) is 9.46. The van der Waals surface area contributed by atoms with Crippen LogP contribution in [0.5, 0.6) is 0 Å². The first-order valence-electron chi connectivity index (χ1n) is 12.2. The molecule has 4 atom stereocenters. The number of H-pyrrole nitrogens is 1. The Morgan fingerprint density at radius 2 is 1.49 bits per heavy atom. The van der Waals surface area contributed by atoms with Crippen LogP contribution in [0.2, 0.25) is 0 Å². The van der Waals surface area contributed by atoms with Crippen molar-refractivity contribution in [2.45, 2.75) is 63.7 Å². The summed E-state index contributed by atoms with van der Waals surface area (Å²) < 4.78 is 0. The number of benzene rings is 1. The lowest BCUT2D eigenvalue weighted by atomic mass is 10.0. The summed E-state index contributed by atoms with van der Waals surface area (Å²) in [6.45, 7) is 3.40. The first kappa shape index (κ1) is 30.8. The van der Waals surface area contributed by atoms with Crippen LogP contribution >= 0.6 is 0 Å². The lowest BCUT2D eigenvalue weighted by molar-refractivity contribution is -0.143. The third-order valence-corrected chi connectivity index (χ3v) is 6.05. The van der Waals surface area contributed by atoms with Crippen molar-refractivity contribution in [1.29, 1.82) is 0 Å². The second-order valence-corrected chi connectivity index (χ2v) is 9.46. The van der Waals surface area contributed by atoms with Gasteiger partial charge in [0.25, 0.3) is 0 Å². The number of hydrogen-bond donors (Lipinski definition) is 8. The van der Waals surface area contributed by atoms with Gasteiger partial charge in [-0.2, -0.15) is 0 Å². The topological polar surface area (TPSA) is 247 Å². The van der Waals surface area contributed by atoms with E-state index in [1.54, 1.807) is 44.3 Å². The molecule has 4 unspecified atom stereocenters. The number of hydrogen-bond acceptors (Lipinski definition) is 7. The van der Waals surface area contributed by atoms with E-state index in [1.165, 1.54) is 0 Å². The minimum atomic E-state index is -1.65. The summed E-state index contributed by atoms with van der Waals surface area (Å²) in [5, 5.41) is 26.4. The number of amides is 4. The number of primary amides is 1. The normalized spacial score (nSPS) is 14.2. The van der Waals surface area contributed by atoms with Gasteiger partial charge in [-0.1, -0.05) is 32.0 Å². The van der Waals surface area contributed by atoms with E-state index in [0.29, 0.717) is 5.56 Å². The van der Waals surface area contributed by atoms with E-state index in [4.69, 9.17) is 16.6 Å². The largest absolute Gasteiger partial charge is 0.481 e. The third kappa shape index (κ3) is 9.10. The highest BCUT2D eigenvalue weighted by Gasteiger charge is 2.32. The molecule has 0 aliphatic heterocycles. The van der Waals surface area contributed by atoms with Crippen molar-refractivity contribution in [3.8, 4) is 0 Å². The molecule has 1 aromatic carbocycles. The van der Waals surface area contributed by atoms with E-state index in [2.05, 4.69) is 20.9 Å². The fraction of sp³-hybridized carbons (Fsp3) is 0.440. The number of carbonyl (C=O) groups excluding carboxylic acids is 4. The first-order valence-corrected chi connectivity index (χ1v) is 12.2. The minimum Gasteiger partial charge on any atom is -0.481 e. The Kier molecular flexibility index (Phi) is 11.0. The maximum absolute atomic E-state index is 13.3. The van der Waals surface area contributed by atoms with Crippen LogP contribution in [0.1, 0.15) is 38.7 Å². The molecule has 14 heteroatoms. The number of carboxylic acid groups (broad SMARTS) is 2. The molecular weight excluding hydrogens is 512 g/mol. The van der Waals surface area contributed by atoms with Crippen molar-refractivity contribution in [1.82, 2.24) is 20.9 Å². The standard InChI is InChI=1S/C25H34N6O8/c1-12(2)21(27)24(37)29-16(7-8-20(33)34)22(35)30-17(23(36)31-18(25(38)39)10-19(26)32)9-13-11-28-15-6-4-3-5-14(13)15/h3-6,11-12,16-18,21,28H,7-10,27H2,1-2H3,(H2,26,32)(H,29,37)(H,30,35)(H,31,36)(H,33,34)(H,38,39). The van der Waals surface area contributed by atoms with Crippen LogP contribution in [0.25, 0.3) is 10.9 Å². The van der Waals surface area contributed by atoms with Crippen molar-refractivity contribution in [2.75, 3.05) is 0 Å². The molecule has 0 aliphatic carbocycles. The van der Waals surface area contributed by atoms with Crippen LogP contribution in [0.3, 0.4) is 0 Å². The number of aromatic nitrogens is 1. The van der Waals surface area contributed by atoms with Gasteiger partial charge in [-0.15, -0.1) is 0 Å². The average Bonchev–Trinajstić information content (AvgIpc) is 3.27. The zero-order valence-electron chi connectivity index (χ0n) is 21.6. The van der Waals surface area contributed by atoms with E-state index < -0.39 is 72.6 Å². The molecule has 0 saturated heterocycles. The van der Waals surface area contributed by atoms with Crippen LogP contribution in [0.15, 0.2) is 30.5 Å². The van der Waals surface area contributed by atoms with Crippen LogP contribution in [-0.4, -0.2) is 74.9 Å². The van der Waals surface area contributed by atoms with Gasteiger partial charge in [0.2, 0.25) is 23.6 Å². The number of rotatable bonds is 15. The van der Waals surface area contributed by atoms with Crippen molar-refractivity contribution < 1.29 is 39.0 Å². The number of fused-ring (bicyclic) bond motifs is 1. The lowest BCUT2D eigenvalue weighted by Gasteiger charge is -2.25. The van der Waals surface area contributed by atoms with Crippen molar-refractivity contribution >= 4 is 46.5 Å². The average molecular weight is 547 g/mol. The molecule has 2 aromatic rings. The Morgan fingerprint density at radius 3 is 2.08 bits per heavy atom. The van der Waals surface area contributed by atoms with E-state index >= 15 is 0 Å². The zero-order chi connectivity index (χ0) is 29.3. The maximum Gasteiger partial charge on any atom is 0.326 e. The number of aliphatic carboxylic acids is 2. The van der Waals surface area contributed by atoms with Gasteiger partial charge in [-0.05, 0) is 24.0 Å². The van der Waals surface area contributed by atoms with Crippen molar-refractivity contribution in [3.05, 3.63) is 36.0 Å². The number of carboxylic acids is 2.